The Morgan fingerprint density at radius 2 is 1.89 bits per heavy atom. The van der Waals surface area contributed by atoms with Gasteiger partial charge in [0.1, 0.15) is 0 Å². The second kappa shape index (κ2) is 6.99. The number of hydrogen-bond acceptors (Lipinski definition) is 2. The largest absolute Gasteiger partial charge is 0.360 e. The molecule has 3 aromatic rings. The minimum Gasteiger partial charge on any atom is -0.360 e. The Labute approximate surface area is 162 Å². The average Bonchev–Trinajstić information content (AvgIpc) is 3.37. The number of nitrogens with one attached hydrogen (secondary N) is 1. The summed E-state index contributed by atoms with van der Waals surface area (Å²) in [6.45, 7) is 2.15. The number of pyridine rings is 1. The fourth-order valence-corrected chi connectivity index (χ4v) is 4.53. The minimum atomic E-state index is -0.840. The lowest BCUT2D eigenvalue weighted by molar-refractivity contribution is 0.275. The van der Waals surface area contributed by atoms with Crippen molar-refractivity contribution in [2.75, 3.05) is 13.1 Å². The van der Waals surface area contributed by atoms with Crippen molar-refractivity contribution in [2.24, 2.45) is 0 Å². The quantitative estimate of drug-likeness (QED) is 0.674. The van der Waals surface area contributed by atoms with Crippen LogP contribution in [0, 0.1) is 11.6 Å². The van der Waals surface area contributed by atoms with Gasteiger partial charge in [-0.3, -0.25) is 9.88 Å². The van der Waals surface area contributed by atoms with E-state index >= 15 is 0 Å². The van der Waals surface area contributed by atoms with Crippen LogP contribution in [0.4, 0.5) is 8.78 Å². The zero-order valence-corrected chi connectivity index (χ0v) is 15.5. The Balaban J connectivity index is 1.64. The number of fused-ring (bicyclic) bond motifs is 1. The van der Waals surface area contributed by atoms with Crippen LogP contribution < -0.4 is 0 Å². The third kappa shape index (κ3) is 2.96. The fourth-order valence-electron chi connectivity index (χ4n) is 4.53. The zero-order chi connectivity index (χ0) is 19.1. The maximum atomic E-state index is 13.9. The monoisotopic (exact) mass is 377 g/mol. The van der Waals surface area contributed by atoms with Crippen molar-refractivity contribution in [3.63, 3.8) is 0 Å². The molecule has 0 spiro atoms. The molecule has 2 aliphatic heterocycles. The summed E-state index contributed by atoms with van der Waals surface area (Å²) in [5, 5.41) is 0. The fraction of sp³-hybridized carbons (Fsp3) is 0.261. The molecule has 1 unspecified atom stereocenters. The number of rotatable bonds is 3. The lowest BCUT2D eigenvalue weighted by Crippen LogP contribution is -2.32. The molecular formula is C23H21F2N3. The highest BCUT2D eigenvalue weighted by Gasteiger charge is 2.29. The summed E-state index contributed by atoms with van der Waals surface area (Å²) in [5.41, 5.74) is 5.93. The number of H-pyrrole nitrogens is 1. The van der Waals surface area contributed by atoms with Gasteiger partial charge in [-0.25, -0.2) is 8.78 Å². The summed E-state index contributed by atoms with van der Waals surface area (Å²) in [5.74, 6) is -1.68. The van der Waals surface area contributed by atoms with Gasteiger partial charge >= 0.3 is 0 Å². The first-order valence-corrected chi connectivity index (χ1v) is 9.71. The van der Waals surface area contributed by atoms with Crippen LogP contribution in [-0.4, -0.2) is 34.0 Å². The van der Waals surface area contributed by atoms with E-state index in [1.165, 1.54) is 37.1 Å². The Kier molecular flexibility index (Phi) is 4.32. The molecule has 28 heavy (non-hydrogen) atoms. The van der Waals surface area contributed by atoms with Crippen LogP contribution in [0.5, 0.6) is 0 Å². The number of aromatic amines is 1. The number of aromatic nitrogens is 2. The molecular weight excluding hydrogens is 356 g/mol. The topological polar surface area (TPSA) is 31.9 Å². The van der Waals surface area contributed by atoms with E-state index in [0.29, 0.717) is 11.6 Å². The number of halogens is 2. The average molecular weight is 377 g/mol. The molecule has 1 saturated heterocycles. The first kappa shape index (κ1) is 17.3. The van der Waals surface area contributed by atoms with Crippen molar-refractivity contribution in [3.8, 4) is 22.4 Å². The van der Waals surface area contributed by atoms with Crippen molar-refractivity contribution >= 4 is 5.57 Å². The summed E-state index contributed by atoms with van der Waals surface area (Å²) in [4.78, 5) is 10.00. The zero-order valence-electron chi connectivity index (χ0n) is 15.5. The smallest absolute Gasteiger partial charge is 0.159 e. The van der Waals surface area contributed by atoms with E-state index in [1.807, 2.05) is 18.3 Å². The van der Waals surface area contributed by atoms with Crippen LogP contribution in [0.2, 0.25) is 0 Å². The number of hydrogen-bond donors (Lipinski definition) is 1. The molecule has 2 aliphatic rings. The van der Waals surface area contributed by atoms with Gasteiger partial charge in [-0.2, -0.15) is 0 Å². The van der Waals surface area contributed by atoms with E-state index in [2.05, 4.69) is 20.9 Å². The molecule has 142 valence electrons. The summed E-state index contributed by atoms with van der Waals surface area (Å²) in [6.07, 6.45) is 11.4. The second-order valence-electron chi connectivity index (χ2n) is 7.54. The first-order valence-electron chi connectivity index (χ1n) is 9.71. The molecule has 1 fully saturated rings. The van der Waals surface area contributed by atoms with Crippen LogP contribution in [-0.2, 0) is 0 Å². The molecule has 0 amide bonds. The van der Waals surface area contributed by atoms with Gasteiger partial charge in [0.25, 0.3) is 0 Å². The molecule has 1 atom stereocenters. The SMILES string of the molecule is Fc1ccc(-c2[nH]cc(C3=CCN4CCCC4C3)c2-c2ccncc2)cc1F. The first-order chi connectivity index (χ1) is 13.7. The molecule has 1 N–H and O–H groups in total. The van der Waals surface area contributed by atoms with Crippen LogP contribution in [0.3, 0.4) is 0 Å². The Morgan fingerprint density at radius 3 is 2.71 bits per heavy atom. The van der Waals surface area contributed by atoms with Crippen molar-refractivity contribution in [3.05, 3.63) is 72.2 Å². The predicted molar refractivity (Wildman–Crippen MR) is 107 cm³/mol. The van der Waals surface area contributed by atoms with Crippen LogP contribution >= 0.6 is 0 Å². The minimum absolute atomic E-state index is 0.604. The predicted octanol–water partition coefficient (Wildman–Crippen LogP) is 5.27. The molecule has 0 aliphatic carbocycles. The number of nitrogens with zero attached hydrogens (tertiary/aromatic N) is 2. The van der Waals surface area contributed by atoms with Crippen LogP contribution in [0.15, 0.2) is 55.0 Å². The summed E-state index contributed by atoms with van der Waals surface area (Å²) in [6, 6.07) is 8.57. The molecule has 5 rings (SSSR count). The van der Waals surface area contributed by atoms with Crippen molar-refractivity contribution < 1.29 is 8.78 Å². The van der Waals surface area contributed by atoms with E-state index < -0.39 is 11.6 Å². The molecule has 1 aromatic carbocycles. The van der Waals surface area contributed by atoms with Crippen LogP contribution in [0.1, 0.15) is 24.8 Å². The molecule has 0 bridgehead atoms. The van der Waals surface area contributed by atoms with Gasteiger partial charge in [0.2, 0.25) is 0 Å². The highest BCUT2D eigenvalue weighted by Crippen LogP contribution is 2.41. The Hall–Kier alpha value is -2.79. The maximum Gasteiger partial charge on any atom is 0.159 e. The second-order valence-corrected chi connectivity index (χ2v) is 7.54. The van der Waals surface area contributed by atoms with Crippen LogP contribution in [0.25, 0.3) is 28.0 Å². The lowest BCUT2D eigenvalue weighted by atomic mass is 9.89. The Bertz CT molecular complexity index is 1040. The molecule has 3 nitrogen and oxygen atoms in total. The van der Waals surface area contributed by atoms with E-state index in [0.717, 1.165) is 35.3 Å². The molecule has 0 radical (unpaired) electrons. The van der Waals surface area contributed by atoms with E-state index in [-0.39, 0.29) is 0 Å². The van der Waals surface area contributed by atoms with Gasteiger partial charge in [-0.05, 0) is 67.3 Å². The van der Waals surface area contributed by atoms with Gasteiger partial charge in [-0.1, -0.05) is 6.08 Å². The summed E-state index contributed by atoms with van der Waals surface area (Å²) >= 11 is 0. The van der Waals surface area contributed by atoms with Gasteiger partial charge in [-0.15, -0.1) is 0 Å². The third-order valence-electron chi connectivity index (χ3n) is 5.93. The third-order valence-corrected chi connectivity index (χ3v) is 5.93. The lowest BCUT2D eigenvalue weighted by Gasteiger charge is -2.29. The van der Waals surface area contributed by atoms with Crippen molar-refractivity contribution in [1.29, 1.82) is 0 Å². The molecule has 5 heteroatoms. The molecule has 0 saturated carbocycles. The van der Waals surface area contributed by atoms with E-state index in [4.69, 9.17) is 0 Å². The standard InChI is InChI=1S/C23H21F2N3/c24-20-4-3-17(13-21(20)25)23-22(15-5-8-26-9-6-15)19(14-27-23)16-7-11-28-10-1-2-18(28)12-16/h3-9,13-14,18,27H,1-2,10-12H2. The van der Waals surface area contributed by atoms with Crippen molar-refractivity contribution in [2.45, 2.75) is 25.3 Å². The summed E-state index contributed by atoms with van der Waals surface area (Å²) in [7, 11) is 0. The normalized spacial score (nSPS) is 19.5. The number of benzene rings is 1. The van der Waals surface area contributed by atoms with Gasteiger partial charge < -0.3 is 4.98 Å². The maximum absolute atomic E-state index is 13.9. The highest BCUT2D eigenvalue weighted by atomic mass is 19.2. The van der Waals surface area contributed by atoms with E-state index in [1.54, 1.807) is 18.5 Å². The molecule has 4 heterocycles. The van der Waals surface area contributed by atoms with Crippen molar-refractivity contribution in [1.82, 2.24) is 14.9 Å². The highest BCUT2D eigenvalue weighted by molar-refractivity contribution is 5.91. The van der Waals surface area contributed by atoms with E-state index in [9.17, 15) is 8.78 Å². The van der Waals surface area contributed by atoms with Gasteiger partial charge in [0, 0.05) is 47.9 Å². The summed E-state index contributed by atoms with van der Waals surface area (Å²) < 4.78 is 27.3. The molecule has 2 aromatic heterocycles. The van der Waals surface area contributed by atoms with Gasteiger partial charge in [0.15, 0.2) is 11.6 Å². The van der Waals surface area contributed by atoms with Gasteiger partial charge in [0.05, 0.1) is 5.69 Å². The Morgan fingerprint density at radius 1 is 1.04 bits per heavy atom.